The van der Waals surface area contributed by atoms with Gasteiger partial charge >= 0.3 is 0 Å². The molecule has 0 atom stereocenters. The van der Waals surface area contributed by atoms with E-state index in [1.807, 2.05) is 0 Å². The van der Waals surface area contributed by atoms with Gasteiger partial charge in [-0.25, -0.2) is 0 Å². The smallest absolute Gasteiger partial charge is 0.102 e. The van der Waals surface area contributed by atoms with Gasteiger partial charge in [-0.05, 0) is 7.05 Å². The van der Waals surface area contributed by atoms with Crippen molar-refractivity contribution in [3.8, 4) is 0 Å². The van der Waals surface area contributed by atoms with Crippen LogP contribution in [0.25, 0.3) is 0 Å². The largest absolute Gasteiger partial charge is 1.00 e. The molecule has 74 valence electrons. The second-order valence-electron chi connectivity index (χ2n) is 3.82. The summed E-state index contributed by atoms with van der Waals surface area (Å²) in [6, 6.07) is 0. The summed E-state index contributed by atoms with van der Waals surface area (Å²) >= 11 is 0. The van der Waals surface area contributed by atoms with Crippen molar-refractivity contribution in [2.24, 2.45) is 0 Å². The van der Waals surface area contributed by atoms with E-state index >= 15 is 0 Å². The van der Waals surface area contributed by atoms with E-state index in [0.717, 1.165) is 24.1 Å². The van der Waals surface area contributed by atoms with Crippen LogP contribution in [-0.4, -0.2) is 67.9 Å². The minimum atomic E-state index is 0. The predicted molar refractivity (Wildman–Crippen MR) is 45.4 cm³/mol. The topological polar surface area (TPSA) is 23.5 Å². The summed E-state index contributed by atoms with van der Waals surface area (Å²) < 4.78 is 1.04. The highest BCUT2D eigenvalue weighted by atomic mass is 79.9. The zero-order valence-electron chi connectivity index (χ0n) is 7.96. The highest BCUT2D eigenvalue weighted by Crippen LogP contribution is 2.07. The van der Waals surface area contributed by atoms with Crippen molar-refractivity contribution >= 4 is 0 Å². The van der Waals surface area contributed by atoms with Crippen LogP contribution in [0.4, 0.5) is 0 Å². The first-order valence-corrected chi connectivity index (χ1v) is 4.29. The molecule has 0 radical (unpaired) electrons. The number of quaternary nitrogens is 1. The molecule has 0 spiro atoms. The van der Waals surface area contributed by atoms with Gasteiger partial charge in [0.2, 0.25) is 0 Å². The molecule has 1 aliphatic heterocycles. The zero-order chi connectivity index (χ0) is 8.32. The van der Waals surface area contributed by atoms with Gasteiger partial charge in [-0.2, -0.15) is 0 Å². The molecule has 4 heteroatoms. The molecular formula is C8H19BrN2O. The Hall–Kier alpha value is 0.360. The van der Waals surface area contributed by atoms with Crippen LogP contribution in [0, 0.1) is 0 Å². The number of hydrogen-bond acceptors (Lipinski definition) is 2. The van der Waals surface area contributed by atoms with Crippen molar-refractivity contribution < 1.29 is 26.6 Å². The van der Waals surface area contributed by atoms with Crippen LogP contribution in [-0.2, 0) is 0 Å². The Morgan fingerprint density at radius 2 is 1.83 bits per heavy atom. The second kappa shape index (κ2) is 5.17. The van der Waals surface area contributed by atoms with Crippen molar-refractivity contribution in [3.63, 3.8) is 0 Å². The fourth-order valence-corrected chi connectivity index (χ4v) is 1.51. The molecular weight excluding hydrogens is 220 g/mol. The van der Waals surface area contributed by atoms with Crippen molar-refractivity contribution in [2.45, 2.75) is 0 Å². The van der Waals surface area contributed by atoms with Gasteiger partial charge in [-0.1, -0.05) is 0 Å². The van der Waals surface area contributed by atoms with Gasteiger partial charge in [-0.15, -0.1) is 0 Å². The Labute approximate surface area is 85.3 Å². The number of hydrogen-bond donors (Lipinski definition) is 1. The summed E-state index contributed by atoms with van der Waals surface area (Å²) in [6.07, 6.45) is 0. The van der Waals surface area contributed by atoms with Crippen LogP contribution in [0.2, 0.25) is 0 Å². The maximum atomic E-state index is 8.82. The lowest BCUT2D eigenvalue weighted by atomic mass is 10.3. The van der Waals surface area contributed by atoms with E-state index in [9.17, 15) is 0 Å². The van der Waals surface area contributed by atoms with E-state index in [1.54, 1.807) is 0 Å². The molecule has 0 aromatic heterocycles. The molecule has 1 aliphatic rings. The third-order valence-electron chi connectivity index (χ3n) is 2.68. The van der Waals surface area contributed by atoms with Crippen molar-refractivity contribution in [2.75, 3.05) is 53.4 Å². The lowest BCUT2D eigenvalue weighted by Crippen LogP contribution is -3.00. The first kappa shape index (κ1) is 12.4. The average molecular weight is 239 g/mol. The molecule has 1 fully saturated rings. The quantitative estimate of drug-likeness (QED) is 0.503. The van der Waals surface area contributed by atoms with Gasteiger partial charge in [-0.3, -0.25) is 4.90 Å². The summed E-state index contributed by atoms with van der Waals surface area (Å²) in [5, 5.41) is 8.82. The van der Waals surface area contributed by atoms with E-state index in [0.29, 0.717) is 6.61 Å². The van der Waals surface area contributed by atoms with E-state index in [4.69, 9.17) is 5.11 Å². The normalized spacial score (nSPS) is 23.2. The van der Waals surface area contributed by atoms with Crippen LogP contribution in [0.5, 0.6) is 0 Å². The Bertz CT molecular complexity index is 124. The number of nitrogens with zero attached hydrogens (tertiary/aromatic N) is 2. The van der Waals surface area contributed by atoms with Crippen LogP contribution < -0.4 is 17.0 Å². The van der Waals surface area contributed by atoms with E-state index in [-0.39, 0.29) is 17.0 Å². The maximum Gasteiger partial charge on any atom is 0.102 e. The summed E-state index contributed by atoms with van der Waals surface area (Å²) in [5.41, 5.74) is 0. The first-order valence-electron chi connectivity index (χ1n) is 4.29. The fraction of sp³-hybridized carbons (Fsp3) is 1.00. The van der Waals surface area contributed by atoms with Gasteiger partial charge < -0.3 is 26.6 Å². The molecule has 0 aromatic rings. The number of aliphatic hydroxyl groups is 1. The van der Waals surface area contributed by atoms with Crippen LogP contribution in [0.3, 0.4) is 0 Å². The molecule has 0 unspecified atom stereocenters. The standard InChI is InChI=1S/C8H19N2O.BrH/c1-9-3-5-10(2,6-4-9)7-8-11;/h11H,3-8H2,1-2H3;1H/q+1;/p-1. The van der Waals surface area contributed by atoms with Crippen molar-refractivity contribution in [1.29, 1.82) is 0 Å². The Kier molecular flexibility index (Phi) is 5.32. The zero-order valence-corrected chi connectivity index (χ0v) is 9.55. The third-order valence-corrected chi connectivity index (χ3v) is 2.68. The molecule has 0 saturated carbocycles. The summed E-state index contributed by atoms with van der Waals surface area (Å²) in [4.78, 5) is 2.34. The van der Waals surface area contributed by atoms with E-state index in [1.165, 1.54) is 13.1 Å². The SMILES string of the molecule is CN1CC[N+](C)(CCO)CC1.[Br-]. The molecule has 1 heterocycles. The lowest BCUT2D eigenvalue weighted by molar-refractivity contribution is -0.913. The van der Waals surface area contributed by atoms with Gasteiger partial charge in [0.25, 0.3) is 0 Å². The average Bonchev–Trinajstić information content (AvgIpc) is 1.97. The molecule has 1 saturated heterocycles. The maximum absolute atomic E-state index is 8.82. The highest BCUT2D eigenvalue weighted by Gasteiger charge is 2.25. The minimum Gasteiger partial charge on any atom is -1.00 e. The summed E-state index contributed by atoms with van der Waals surface area (Å²) in [6.45, 7) is 5.91. The van der Waals surface area contributed by atoms with Crippen molar-refractivity contribution in [3.05, 3.63) is 0 Å². The molecule has 1 N–H and O–H groups in total. The molecule has 0 aromatic carbocycles. The number of rotatable bonds is 2. The van der Waals surface area contributed by atoms with Crippen LogP contribution >= 0.6 is 0 Å². The summed E-state index contributed by atoms with van der Waals surface area (Å²) in [7, 11) is 4.38. The monoisotopic (exact) mass is 238 g/mol. The minimum absolute atomic E-state index is 0. The molecule has 0 amide bonds. The predicted octanol–water partition coefficient (Wildman–Crippen LogP) is -3.63. The highest BCUT2D eigenvalue weighted by molar-refractivity contribution is 4.57. The summed E-state index contributed by atoms with van der Waals surface area (Å²) in [5.74, 6) is 0. The Morgan fingerprint density at radius 1 is 1.33 bits per heavy atom. The number of aliphatic hydroxyl groups excluding tert-OH is 1. The molecule has 12 heavy (non-hydrogen) atoms. The molecule has 0 aliphatic carbocycles. The first-order chi connectivity index (χ1) is 5.16. The van der Waals surface area contributed by atoms with Gasteiger partial charge in [0, 0.05) is 13.1 Å². The second-order valence-corrected chi connectivity index (χ2v) is 3.82. The molecule has 1 rings (SSSR count). The van der Waals surface area contributed by atoms with Gasteiger partial charge in [0.1, 0.15) is 6.54 Å². The van der Waals surface area contributed by atoms with Crippen molar-refractivity contribution in [1.82, 2.24) is 4.90 Å². The fourth-order valence-electron chi connectivity index (χ4n) is 1.51. The number of piperazine rings is 1. The molecule has 3 nitrogen and oxygen atoms in total. The Balaban J connectivity index is 0.00000121. The number of likely N-dealkylation sites (N-methyl/N-ethyl adjacent to an activating group) is 2. The Morgan fingerprint density at radius 3 is 2.25 bits per heavy atom. The van der Waals surface area contributed by atoms with Crippen LogP contribution in [0.15, 0.2) is 0 Å². The van der Waals surface area contributed by atoms with E-state index in [2.05, 4.69) is 19.0 Å². The van der Waals surface area contributed by atoms with Gasteiger partial charge in [0.15, 0.2) is 0 Å². The molecule has 0 bridgehead atoms. The van der Waals surface area contributed by atoms with E-state index < -0.39 is 0 Å². The number of halogens is 1. The van der Waals surface area contributed by atoms with Crippen LogP contribution in [0.1, 0.15) is 0 Å². The lowest BCUT2D eigenvalue weighted by Gasteiger charge is -2.40. The van der Waals surface area contributed by atoms with Gasteiger partial charge in [0.05, 0.1) is 26.7 Å². The third kappa shape index (κ3) is 3.39.